The monoisotopic (exact) mass is 339 g/mol. The van der Waals surface area contributed by atoms with Crippen molar-refractivity contribution in [3.8, 4) is 0 Å². The number of para-hydroxylation sites is 2. The van der Waals surface area contributed by atoms with E-state index in [0.29, 0.717) is 10.8 Å². The molecule has 1 aliphatic rings. The molecule has 1 aliphatic heterocycles. The third kappa shape index (κ3) is 2.76. The van der Waals surface area contributed by atoms with E-state index in [4.69, 9.17) is 17.2 Å². The molecule has 4 rings (SSSR count). The van der Waals surface area contributed by atoms with Gasteiger partial charge in [0.15, 0.2) is 4.77 Å². The van der Waals surface area contributed by atoms with Crippen LogP contribution in [0, 0.1) is 4.77 Å². The van der Waals surface area contributed by atoms with Gasteiger partial charge in [0.05, 0.1) is 17.6 Å². The number of nitrogens with zero attached hydrogens (tertiary/aromatic N) is 4. The molecular formula is C18H21N5S. The fourth-order valence-electron chi connectivity index (χ4n) is 3.52. The summed E-state index contributed by atoms with van der Waals surface area (Å²) < 4.78 is 2.92. The van der Waals surface area contributed by atoms with Crippen molar-refractivity contribution in [2.75, 3.05) is 6.54 Å². The molecule has 2 aromatic heterocycles. The first-order valence-corrected chi connectivity index (χ1v) is 8.78. The number of benzene rings is 1. The lowest BCUT2D eigenvalue weighted by atomic mass is 10.1. The molecule has 0 saturated carbocycles. The Bertz CT molecular complexity index is 940. The van der Waals surface area contributed by atoms with Crippen LogP contribution < -0.4 is 0 Å². The molecule has 0 unspecified atom stereocenters. The van der Waals surface area contributed by atoms with E-state index in [0.717, 1.165) is 37.4 Å². The van der Waals surface area contributed by atoms with Gasteiger partial charge in [0.25, 0.3) is 0 Å². The predicted molar refractivity (Wildman–Crippen MR) is 97.4 cm³/mol. The number of fused-ring (bicyclic) bond motifs is 2. The third-order valence-corrected chi connectivity index (χ3v) is 4.81. The van der Waals surface area contributed by atoms with E-state index < -0.39 is 0 Å². The highest BCUT2D eigenvalue weighted by atomic mass is 32.1. The maximum atomic E-state index is 5.12. The van der Waals surface area contributed by atoms with Crippen LogP contribution in [0.4, 0.5) is 0 Å². The van der Waals surface area contributed by atoms with Gasteiger partial charge < -0.3 is 9.55 Å². The molecule has 1 aromatic carbocycles. The van der Waals surface area contributed by atoms with E-state index in [1.807, 2.05) is 6.20 Å². The normalized spacial score (nSPS) is 15.1. The fraction of sp³-hybridized carbons (Fsp3) is 0.389. The highest BCUT2D eigenvalue weighted by Gasteiger charge is 2.20. The Morgan fingerprint density at radius 3 is 2.96 bits per heavy atom. The molecule has 0 fully saturated rings. The largest absolute Gasteiger partial charge is 0.334 e. The Labute approximate surface area is 146 Å². The van der Waals surface area contributed by atoms with Gasteiger partial charge in [-0.1, -0.05) is 12.1 Å². The summed E-state index contributed by atoms with van der Waals surface area (Å²) >= 11 is 5.12. The lowest BCUT2D eigenvalue weighted by Crippen LogP contribution is -2.32. The molecule has 5 nitrogen and oxygen atoms in total. The van der Waals surface area contributed by atoms with Gasteiger partial charge in [0.2, 0.25) is 0 Å². The van der Waals surface area contributed by atoms with Crippen LogP contribution in [0.3, 0.4) is 0 Å². The van der Waals surface area contributed by atoms with E-state index in [1.165, 1.54) is 16.8 Å². The Kier molecular flexibility index (Phi) is 3.94. The van der Waals surface area contributed by atoms with Crippen molar-refractivity contribution >= 4 is 23.3 Å². The maximum absolute atomic E-state index is 5.12. The maximum Gasteiger partial charge on any atom is 0.196 e. The second-order valence-corrected chi connectivity index (χ2v) is 7.02. The van der Waals surface area contributed by atoms with Gasteiger partial charge in [-0.2, -0.15) is 0 Å². The molecule has 0 saturated heterocycles. The molecule has 24 heavy (non-hydrogen) atoms. The molecule has 0 radical (unpaired) electrons. The van der Waals surface area contributed by atoms with Crippen LogP contribution in [-0.4, -0.2) is 31.0 Å². The Balaban J connectivity index is 1.64. The van der Waals surface area contributed by atoms with Crippen molar-refractivity contribution in [3.63, 3.8) is 0 Å². The molecule has 0 atom stereocenters. The van der Waals surface area contributed by atoms with Crippen LogP contribution in [0.25, 0.3) is 11.0 Å². The van der Waals surface area contributed by atoms with Gasteiger partial charge in [0.1, 0.15) is 5.82 Å². The number of hydrogen-bond donors (Lipinski definition) is 1. The zero-order valence-corrected chi connectivity index (χ0v) is 14.8. The molecule has 0 bridgehead atoms. The molecule has 1 N–H and O–H groups in total. The molecule has 3 heterocycles. The highest BCUT2D eigenvalue weighted by Crippen LogP contribution is 2.24. The predicted octanol–water partition coefficient (Wildman–Crippen LogP) is 3.63. The summed E-state index contributed by atoms with van der Waals surface area (Å²) in [6.07, 6.45) is 2.88. The van der Waals surface area contributed by atoms with Crippen LogP contribution in [-0.2, 0) is 19.5 Å². The van der Waals surface area contributed by atoms with Crippen LogP contribution in [0.2, 0.25) is 0 Å². The Hall–Kier alpha value is -2.05. The van der Waals surface area contributed by atoms with Crippen LogP contribution >= 0.6 is 12.2 Å². The molecule has 0 spiro atoms. The zero-order chi connectivity index (χ0) is 16.7. The molecule has 0 amide bonds. The van der Waals surface area contributed by atoms with Crippen molar-refractivity contribution in [2.45, 2.75) is 39.4 Å². The summed E-state index contributed by atoms with van der Waals surface area (Å²) in [5.41, 5.74) is 4.75. The first kappa shape index (κ1) is 15.5. The Morgan fingerprint density at radius 2 is 2.12 bits per heavy atom. The average Bonchev–Trinajstić information content (AvgIpc) is 2.93. The van der Waals surface area contributed by atoms with E-state index in [1.54, 1.807) is 0 Å². The topological polar surface area (TPSA) is 49.7 Å². The SMILES string of the molecule is CC(C)n1c(CN2CCc3[nH]c(=S)ncc3C2)nc2ccccc21. The second kappa shape index (κ2) is 6.11. The van der Waals surface area contributed by atoms with Crippen molar-refractivity contribution in [3.05, 3.63) is 52.3 Å². The van der Waals surface area contributed by atoms with Gasteiger partial charge >= 0.3 is 0 Å². The number of H-pyrrole nitrogens is 1. The van der Waals surface area contributed by atoms with Crippen molar-refractivity contribution in [2.24, 2.45) is 0 Å². The van der Waals surface area contributed by atoms with E-state index in [-0.39, 0.29) is 0 Å². The summed E-state index contributed by atoms with van der Waals surface area (Å²) in [5.74, 6) is 1.13. The van der Waals surface area contributed by atoms with Crippen LogP contribution in [0.5, 0.6) is 0 Å². The van der Waals surface area contributed by atoms with Crippen molar-refractivity contribution < 1.29 is 0 Å². The zero-order valence-electron chi connectivity index (χ0n) is 14.0. The molecule has 3 aromatic rings. The number of rotatable bonds is 3. The van der Waals surface area contributed by atoms with Gasteiger partial charge in [-0.25, -0.2) is 9.97 Å². The second-order valence-electron chi connectivity index (χ2n) is 6.63. The average molecular weight is 339 g/mol. The van der Waals surface area contributed by atoms with E-state index >= 15 is 0 Å². The highest BCUT2D eigenvalue weighted by molar-refractivity contribution is 7.71. The van der Waals surface area contributed by atoms with Gasteiger partial charge in [-0.3, -0.25) is 4.90 Å². The molecule has 6 heteroatoms. The minimum absolute atomic E-state index is 0.391. The number of imidazole rings is 1. The number of hydrogen-bond acceptors (Lipinski definition) is 4. The van der Waals surface area contributed by atoms with Gasteiger partial charge in [0, 0.05) is 43.0 Å². The fourth-order valence-corrected chi connectivity index (χ4v) is 3.70. The standard InChI is InChI=1S/C18H21N5S/c1-12(2)23-16-6-4-3-5-15(16)20-17(23)11-22-8-7-14-13(10-22)9-19-18(24)21-14/h3-6,9,12H,7-8,10-11H2,1-2H3,(H,19,21,24). The number of aromatic nitrogens is 4. The number of aromatic amines is 1. The van der Waals surface area contributed by atoms with Crippen molar-refractivity contribution in [1.29, 1.82) is 0 Å². The van der Waals surface area contributed by atoms with Crippen molar-refractivity contribution in [1.82, 2.24) is 24.4 Å². The first-order chi connectivity index (χ1) is 11.6. The lowest BCUT2D eigenvalue weighted by molar-refractivity contribution is 0.232. The van der Waals surface area contributed by atoms with Crippen LogP contribution in [0.15, 0.2) is 30.5 Å². The summed E-state index contributed by atoms with van der Waals surface area (Å²) in [7, 11) is 0. The minimum atomic E-state index is 0.391. The quantitative estimate of drug-likeness (QED) is 0.740. The van der Waals surface area contributed by atoms with Crippen LogP contribution in [0.1, 0.15) is 37.0 Å². The Morgan fingerprint density at radius 1 is 1.29 bits per heavy atom. The minimum Gasteiger partial charge on any atom is -0.334 e. The first-order valence-electron chi connectivity index (χ1n) is 8.37. The molecular weight excluding hydrogens is 318 g/mol. The summed E-state index contributed by atoms with van der Waals surface area (Å²) in [6.45, 7) is 7.17. The summed E-state index contributed by atoms with van der Waals surface area (Å²) in [4.78, 5) is 14.8. The number of nitrogens with one attached hydrogen (secondary N) is 1. The smallest absolute Gasteiger partial charge is 0.196 e. The lowest BCUT2D eigenvalue weighted by Gasteiger charge is -2.28. The third-order valence-electron chi connectivity index (χ3n) is 4.61. The summed E-state index contributed by atoms with van der Waals surface area (Å²) in [5, 5.41) is 0. The molecule has 124 valence electrons. The van der Waals surface area contributed by atoms with E-state index in [2.05, 4.69) is 57.5 Å². The summed E-state index contributed by atoms with van der Waals surface area (Å²) in [6, 6.07) is 8.77. The molecule has 0 aliphatic carbocycles. The van der Waals surface area contributed by atoms with E-state index in [9.17, 15) is 0 Å². The van der Waals surface area contributed by atoms with Gasteiger partial charge in [-0.15, -0.1) is 0 Å². The van der Waals surface area contributed by atoms with Gasteiger partial charge in [-0.05, 0) is 38.2 Å².